The van der Waals surface area contributed by atoms with Crippen molar-refractivity contribution in [2.24, 2.45) is 5.73 Å². The molecule has 4 heterocycles. The molecular formula is C19H20N6O4. The van der Waals surface area contributed by atoms with Crippen LogP contribution in [0.4, 0.5) is 4.79 Å². The van der Waals surface area contributed by atoms with Crippen LogP contribution in [0.25, 0.3) is 28.1 Å². The van der Waals surface area contributed by atoms with Crippen molar-refractivity contribution in [3.05, 3.63) is 42.4 Å². The lowest BCUT2D eigenvalue weighted by molar-refractivity contribution is 0.190. The van der Waals surface area contributed by atoms with Crippen LogP contribution in [0.15, 0.2) is 41.1 Å². The summed E-state index contributed by atoms with van der Waals surface area (Å²) >= 11 is 0. The van der Waals surface area contributed by atoms with Crippen LogP contribution in [0.1, 0.15) is 25.6 Å². The Morgan fingerprint density at radius 3 is 2.93 bits per heavy atom. The second kappa shape index (κ2) is 7.40. The summed E-state index contributed by atoms with van der Waals surface area (Å²) in [5.41, 5.74) is 8.15. The molecule has 0 radical (unpaired) electrons. The Hall–Kier alpha value is -3.66. The molecule has 0 saturated carbocycles. The van der Waals surface area contributed by atoms with Crippen LogP contribution in [0.2, 0.25) is 0 Å². The molecule has 0 fully saturated rings. The lowest BCUT2D eigenvalue weighted by Gasteiger charge is -2.10. The summed E-state index contributed by atoms with van der Waals surface area (Å²) in [6, 6.07) is 6.44. The van der Waals surface area contributed by atoms with Gasteiger partial charge in [0.15, 0.2) is 11.4 Å². The molecule has 4 N–H and O–H groups in total. The van der Waals surface area contributed by atoms with E-state index in [-0.39, 0.29) is 6.04 Å². The quantitative estimate of drug-likeness (QED) is 0.452. The first-order chi connectivity index (χ1) is 13.9. The van der Waals surface area contributed by atoms with Crippen molar-refractivity contribution in [1.82, 2.24) is 24.9 Å². The molecule has 4 aromatic rings. The van der Waals surface area contributed by atoms with Crippen molar-refractivity contribution < 1.29 is 19.1 Å². The number of hydrogen-bond donors (Lipinski definition) is 3. The van der Waals surface area contributed by atoms with Gasteiger partial charge in [-0.1, -0.05) is 0 Å². The normalized spacial score (nSPS) is 13.5. The molecule has 1 unspecified atom stereocenters. The first-order valence-electron chi connectivity index (χ1n) is 9.04. The number of hydrogen-bond acceptors (Lipinski definition) is 7. The van der Waals surface area contributed by atoms with Crippen molar-refractivity contribution in [2.45, 2.75) is 25.9 Å². The zero-order valence-corrected chi connectivity index (χ0v) is 15.9. The lowest BCUT2D eigenvalue weighted by Crippen LogP contribution is -2.25. The summed E-state index contributed by atoms with van der Waals surface area (Å²) in [5.74, 6) is 0.952. The topological polar surface area (TPSA) is 141 Å². The van der Waals surface area contributed by atoms with E-state index in [1.807, 2.05) is 6.92 Å². The standard InChI is InChI=1S/C19H20N6O4/c1-10(20)9-28-17-4-3-16-22-8-13(25(16)24-17)15-7-12-14(29-15)5-6-21-18(12)11(2)23-19(26)27/h3-8,10-11,23H,9,20H2,1-2H3,(H,26,27)/t10-,11?/m0/s1. The Balaban J connectivity index is 1.75. The molecule has 4 aromatic heterocycles. The van der Waals surface area contributed by atoms with E-state index >= 15 is 0 Å². The van der Waals surface area contributed by atoms with E-state index in [1.165, 1.54) is 0 Å². The number of rotatable bonds is 6. The van der Waals surface area contributed by atoms with E-state index in [9.17, 15) is 4.79 Å². The molecule has 1 amide bonds. The van der Waals surface area contributed by atoms with Crippen LogP contribution in [-0.2, 0) is 0 Å². The van der Waals surface area contributed by atoms with Crippen molar-refractivity contribution >= 4 is 22.7 Å². The summed E-state index contributed by atoms with van der Waals surface area (Å²) in [6.07, 6.45) is 2.12. The van der Waals surface area contributed by atoms with Crippen molar-refractivity contribution in [1.29, 1.82) is 0 Å². The molecule has 0 bridgehead atoms. The highest BCUT2D eigenvalue weighted by atomic mass is 16.5. The maximum atomic E-state index is 11.0. The lowest BCUT2D eigenvalue weighted by atomic mass is 10.1. The van der Waals surface area contributed by atoms with Gasteiger partial charge in [-0.3, -0.25) is 4.98 Å². The fourth-order valence-electron chi connectivity index (χ4n) is 3.03. The predicted octanol–water partition coefficient (Wildman–Crippen LogP) is 2.59. The van der Waals surface area contributed by atoms with Gasteiger partial charge in [-0.25, -0.2) is 14.3 Å². The Bertz CT molecular complexity index is 1180. The molecule has 150 valence electrons. The second-order valence-electron chi connectivity index (χ2n) is 6.76. The number of ether oxygens (including phenoxy) is 1. The third-order valence-corrected chi connectivity index (χ3v) is 4.31. The zero-order chi connectivity index (χ0) is 20.5. The van der Waals surface area contributed by atoms with Crippen molar-refractivity contribution in [2.75, 3.05) is 6.61 Å². The van der Waals surface area contributed by atoms with E-state index in [2.05, 4.69) is 20.4 Å². The number of carbonyl (C=O) groups is 1. The van der Waals surface area contributed by atoms with Gasteiger partial charge in [0, 0.05) is 23.7 Å². The highest BCUT2D eigenvalue weighted by Crippen LogP contribution is 2.31. The average molecular weight is 396 g/mol. The molecule has 0 aliphatic carbocycles. The van der Waals surface area contributed by atoms with Gasteiger partial charge in [-0.15, -0.1) is 5.10 Å². The number of aromatic nitrogens is 4. The minimum Gasteiger partial charge on any atom is -0.475 e. The number of amides is 1. The number of carboxylic acid groups (broad SMARTS) is 1. The maximum absolute atomic E-state index is 11.0. The number of fused-ring (bicyclic) bond motifs is 2. The highest BCUT2D eigenvalue weighted by molar-refractivity contribution is 5.85. The predicted molar refractivity (Wildman–Crippen MR) is 105 cm³/mol. The average Bonchev–Trinajstić information content (AvgIpc) is 3.28. The SMILES string of the molecule is CC(NC(=O)O)c1nccc2oc(-c3cnc4ccc(OC[C@H](C)N)nn34)cc12. The Labute approximate surface area is 165 Å². The summed E-state index contributed by atoms with van der Waals surface area (Å²) in [5, 5.41) is 16.6. The first kappa shape index (κ1) is 18.7. The summed E-state index contributed by atoms with van der Waals surface area (Å²) in [6.45, 7) is 3.92. The molecule has 10 nitrogen and oxygen atoms in total. The zero-order valence-electron chi connectivity index (χ0n) is 15.9. The molecule has 0 spiro atoms. The molecule has 0 aliphatic heterocycles. The van der Waals surface area contributed by atoms with Crippen LogP contribution >= 0.6 is 0 Å². The summed E-state index contributed by atoms with van der Waals surface area (Å²) < 4.78 is 13.2. The van der Waals surface area contributed by atoms with Crippen molar-refractivity contribution in [3.63, 3.8) is 0 Å². The number of nitrogens with one attached hydrogen (secondary N) is 1. The molecule has 10 heteroatoms. The van der Waals surface area contributed by atoms with Gasteiger partial charge in [0.1, 0.15) is 17.9 Å². The van der Waals surface area contributed by atoms with E-state index in [0.29, 0.717) is 46.3 Å². The van der Waals surface area contributed by atoms with Crippen LogP contribution in [0.5, 0.6) is 5.88 Å². The molecule has 4 rings (SSSR count). The van der Waals surface area contributed by atoms with E-state index < -0.39 is 12.1 Å². The fraction of sp³-hybridized carbons (Fsp3) is 0.263. The number of nitrogens with zero attached hydrogens (tertiary/aromatic N) is 4. The fourth-order valence-corrected chi connectivity index (χ4v) is 3.03. The molecule has 2 atom stereocenters. The van der Waals surface area contributed by atoms with Crippen LogP contribution in [-0.4, -0.2) is 43.4 Å². The molecular weight excluding hydrogens is 376 g/mol. The third-order valence-electron chi connectivity index (χ3n) is 4.31. The Morgan fingerprint density at radius 1 is 1.34 bits per heavy atom. The first-order valence-corrected chi connectivity index (χ1v) is 9.04. The Kier molecular flexibility index (Phi) is 4.77. The molecule has 0 saturated heterocycles. The van der Waals surface area contributed by atoms with Gasteiger partial charge in [0.25, 0.3) is 0 Å². The molecule has 0 aliphatic rings. The largest absolute Gasteiger partial charge is 0.475 e. The van der Waals surface area contributed by atoms with Gasteiger partial charge in [0.2, 0.25) is 5.88 Å². The minimum atomic E-state index is -1.12. The van der Waals surface area contributed by atoms with Gasteiger partial charge in [-0.05, 0) is 32.0 Å². The number of nitrogens with two attached hydrogens (primary N) is 1. The van der Waals surface area contributed by atoms with E-state index in [1.54, 1.807) is 48.1 Å². The number of furan rings is 1. The summed E-state index contributed by atoms with van der Waals surface area (Å²) in [4.78, 5) is 19.7. The monoisotopic (exact) mass is 396 g/mol. The Morgan fingerprint density at radius 2 is 2.17 bits per heavy atom. The van der Waals surface area contributed by atoms with Gasteiger partial charge < -0.3 is 25.3 Å². The minimum absolute atomic E-state index is 0.113. The number of pyridine rings is 1. The van der Waals surface area contributed by atoms with Gasteiger partial charge in [-0.2, -0.15) is 0 Å². The molecule has 0 aromatic carbocycles. The smallest absolute Gasteiger partial charge is 0.405 e. The van der Waals surface area contributed by atoms with E-state index in [0.717, 1.165) is 0 Å². The number of imidazole rings is 1. The highest BCUT2D eigenvalue weighted by Gasteiger charge is 2.19. The van der Waals surface area contributed by atoms with Crippen LogP contribution in [0.3, 0.4) is 0 Å². The summed E-state index contributed by atoms with van der Waals surface area (Å²) in [7, 11) is 0. The van der Waals surface area contributed by atoms with Gasteiger partial charge in [0.05, 0.1) is 17.9 Å². The molecule has 29 heavy (non-hydrogen) atoms. The van der Waals surface area contributed by atoms with E-state index in [4.69, 9.17) is 20.0 Å². The van der Waals surface area contributed by atoms with Crippen molar-refractivity contribution in [3.8, 4) is 17.3 Å². The maximum Gasteiger partial charge on any atom is 0.405 e. The van der Waals surface area contributed by atoms with Crippen LogP contribution in [0, 0.1) is 0 Å². The van der Waals surface area contributed by atoms with Gasteiger partial charge >= 0.3 is 6.09 Å². The van der Waals surface area contributed by atoms with Crippen LogP contribution < -0.4 is 15.8 Å². The second-order valence-corrected chi connectivity index (χ2v) is 6.76. The third kappa shape index (κ3) is 3.69.